The highest BCUT2D eigenvalue weighted by Crippen LogP contribution is 2.33. The molecule has 2 N–H and O–H groups in total. The van der Waals surface area contributed by atoms with Gasteiger partial charge < -0.3 is 10.6 Å². The summed E-state index contributed by atoms with van der Waals surface area (Å²) in [5.74, 6) is -2.64. The third kappa shape index (κ3) is 8.45. The van der Waals surface area contributed by atoms with E-state index in [2.05, 4.69) is 17.6 Å². The molecule has 0 aromatic heterocycles. The van der Waals surface area contributed by atoms with Gasteiger partial charge in [0.2, 0.25) is 11.8 Å². The summed E-state index contributed by atoms with van der Waals surface area (Å²) >= 11 is 0. The summed E-state index contributed by atoms with van der Waals surface area (Å²) in [5.41, 5.74) is 1.80. The van der Waals surface area contributed by atoms with Gasteiger partial charge in [-0.05, 0) is 74.0 Å². The van der Waals surface area contributed by atoms with Crippen LogP contribution in [0.4, 0.5) is 14.5 Å². The summed E-state index contributed by atoms with van der Waals surface area (Å²) < 4.78 is 26.9. The van der Waals surface area contributed by atoms with Crippen molar-refractivity contribution in [2.45, 2.75) is 77.2 Å². The predicted molar refractivity (Wildman–Crippen MR) is 140 cm³/mol. The number of hydrogen-bond acceptors (Lipinski definition) is 4. The van der Waals surface area contributed by atoms with Crippen molar-refractivity contribution in [1.82, 2.24) is 10.6 Å². The van der Waals surface area contributed by atoms with Crippen LogP contribution in [0.25, 0.3) is 0 Å². The third-order valence-electron chi connectivity index (χ3n) is 6.72. The molecule has 1 fully saturated rings. The predicted octanol–water partition coefficient (Wildman–Crippen LogP) is 5.01. The smallest absolute Gasteiger partial charge is 0.256 e. The van der Waals surface area contributed by atoms with Gasteiger partial charge in [0, 0.05) is 6.07 Å². The van der Waals surface area contributed by atoms with Gasteiger partial charge in [-0.3, -0.25) is 14.4 Å². The van der Waals surface area contributed by atoms with Crippen LogP contribution < -0.4 is 15.5 Å². The van der Waals surface area contributed by atoms with Gasteiger partial charge in [0.25, 0.3) is 5.91 Å². The lowest BCUT2D eigenvalue weighted by atomic mass is 9.84. The first-order chi connectivity index (χ1) is 17.8. The number of halogens is 2. The molecule has 1 aliphatic carbocycles. The molecule has 6 nitrogen and oxygen atoms in total. The van der Waals surface area contributed by atoms with E-state index in [4.69, 9.17) is 0 Å². The van der Waals surface area contributed by atoms with Gasteiger partial charge in [0.15, 0.2) is 0 Å². The zero-order valence-electron chi connectivity index (χ0n) is 21.7. The largest absolute Gasteiger partial charge is 0.344 e. The standard InChI is InChI=1S/C29H37F2N3O3/c1-3-4-14-32-19-28(36)34(26-12-10-23(11-13-26)22-8-6-5-7-9-22)29(37)20(2)33-27(35)17-21-15-24(30)18-25(31)16-21/h10-13,15-16,18,20,22,32H,3-9,14,17,19H2,1-2H3,(H,33,35)/t20-/m0/s1. The van der Waals surface area contributed by atoms with Crippen molar-refractivity contribution in [3.8, 4) is 0 Å². The molecule has 8 heteroatoms. The van der Waals surface area contributed by atoms with Gasteiger partial charge in [-0.25, -0.2) is 13.7 Å². The van der Waals surface area contributed by atoms with E-state index in [1.165, 1.54) is 31.7 Å². The van der Waals surface area contributed by atoms with E-state index in [9.17, 15) is 23.2 Å². The molecule has 0 saturated heterocycles. The Morgan fingerprint density at radius 1 is 1.00 bits per heavy atom. The van der Waals surface area contributed by atoms with Gasteiger partial charge in [0.1, 0.15) is 17.7 Å². The van der Waals surface area contributed by atoms with Crippen LogP contribution in [0.2, 0.25) is 0 Å². The van der Waals surface area contributed by atoms with Crippen molar-refractivity contribution in [1.29, 1.82) is 0 Å². The fraction of sp³-hybridized carbons (Fsp3) is 0.483. The first kappa shape index (κ1) is 28.4. The quantitative estimate of drug-likeness (QED) is 0.414. The Hall–Kier alpha value is -3.13. The second kappa shape index (κ2) is 14.0. The Bertz CT molecular complexity index is 1050. The topological polar surface area (TPSA) is 78.5 Å². The maximum atomic E-state index is 13.5. The zero-order valence-corrected chi connectivity index (χ0v) is 21.7. The number of rotatable bonds is 11. The van der Waals surface area contributed by atoms with E-state index >= 15 is 0 Å². The molecular weight excluding hydrogens is 476 g/mol. The highest BCUT2D eigenvalue weighted by Gasteiger charge is 2.29. The Morgan fingerprint density at radius 2 is 1.65 bits per heavy atom. The minimum atomic E-state index is -1.02. The Morgan fingerprint density at radius 3 is 2.27 bits per heavy atom. The van der Waals surface area contributed by atoms with Gasteiger partial charge in [-0.15, -0.1) is 0 Å². The number of hydrogen-bond donors (Lipinski definition) is 2. The molecule has 0 bridgehead atoms. The Balaban J connectivity index is 1.73. The fourth-order valence-corrected chi connectivity index (χ4v) is 4.75. The van der Waals surface area contributed by atoms with Gasteiger partial charge >= 0.3 is 0 Å². The van der Waals surface area contributed by atoms with Crippen molar-refractivity contribution in [2.24, 2.45) is 0 Å². The molecule has 2 aromatic rings. The average Bonchev–Trinajstić information content (AvgIpc) is 2.87. The number of nitrogens with one attached hydrogen (secondary N) is 2. The molecule has 2 aromatic carbocycles. The van der Waals surface area contributed by atoms with Crippen LogP contribution in [0.5, 0.6) is 0 Å². The number of amides is 3. The van der Waals surface area contributed by atoms with Gasteiger partial charge in [0.05, 0.1) is 18.7 Å². The summed E-state index contributed by atoms with van der Waals surface area (Å²) in [6.45, 7) is 4.18. The normalized spacial score (nSPS) is 14.7. The summed E-state index contributed by atoms with van der Waals surface area (Å²) in [6.07, 6.45) is 7.54. The summed E-state index contributed by atoms with van der Waals surface area (Å²) in [7, 11) is 0. The molecule has 0 heterocycles. The Labute approximate surface area is 217 Å². The first-order valence-electron chi connectivity index (χ1n) is 13.2. The molecule has 0 radical (unpaired) electrons. The van der Waals surface area contributed by atoms with Gasteiger partial charge in [-0.2, -0.15) is 0 Å². The van der Waals surface area contributed by atoms with Crippen LogP contribution in [-0.4, -0.2) is 36.9 Å². The lowest BCUT2D eigenvalue weighted by Crippen LogP contribution is -2.51. The van der Waals surface area contributed by atoms with E-state index in [0.717, 1.165) is 48.8 Å². The fourth-order valence-electron chi connectivity index (χ4n) is 4.75. The summed E-state index contributed by atoms with van der Waals surface area (Å²) in [5, 5.41) is 5.64. The minimum absolute atomic E-state index is 0.0145. The molecule has 200 valence electrons. The van der Waals surface area contributed by atoms with Crippen molar-refractivity contribution >= 4 is 23.4 Å². The second-order valence-electron chi connectivity index (χ2n) is 9.77. The van der Waals surface area contributed by atoms with E-state index in [0.29, 0.717) is 18.2 Å². The van der Waals surface area contributed by atoms with Crippen LogP contribution in [0.3, 0.4) is 0 Å². The van der Waals surface area contributed by atoms with Crippen LogP contribution in [-0.2, 0) is 20.8 Å². The first-order valence-corrected chi connectivity index (χ1v) is 13.2. The number of carbonyl (C=O) groups is 3. The maximum absolute atomic E-state index is 13.5. The Kier molecular flexibility index (Phi) is 10.7. The average molecular weight is 514 g/mol. The molecule has 1 atom stereocenters. The minimum Gasteiger partial charge on any atom is -0.344 e. The van der Waals surface area contributed by atoms with Crippen molar-refractivity contribution in [3.63, 3.8) is 0 Å². The SMILES string of the molecule is CCCCNCC(=O)N(C(=O)[C@H](C)NC(=O)Cc1cc(F)cc(F)c1)c1ccc(C2CCCCC2)cc1. The second-order valence-corrected chi connectivity index (χ2v) is 9.77. The van der Waals surface area contributed by atoms with E-state index in [1.807, 2.05) is 12.1 Å². The number of carbonyl (C=O) groups excluding carboxylic acids is 3. The molecule has 3 rings (SSSR count). The molecule has 0 unspecified atom stereocenters. The van der Waals surface area contributed by atoms with Crippen molar-refractivity contribution in [2.75, 3.05) is 18.0 Å². The number of nitrogens with zero attached hydrogens (tertiary/aromatic N) is 1. The number of anilines is 1. The van der Waals surface area contributed by atoms with Crippen LogP contribution in [0.15, 0.2) is 42.5 Å². The van der Waals surface area contributed by atoms with Gasteiger partial charge in [-0.1, -0.05) is 44.7 Å². The van der Waals surface area contributed by atoms with E-state index in [-0.39, 0.29) is 18.5 Å². The molecule has 0 aliphatic heterocycles. The zero-order chi connectivity index (χ0) is 26.8. The van der Waals surface area contributed by atoms with Crippen molar-refractivity contribution < 1.29 is 23.2 Å². The van der Waals surface area contributed by atoms with Crippen LogP contribution in [0, 0.1) is 11.6 Å². The van der Waals surface area contributed by atoms with Crippen LogP contribution in [0.1, 0.15) is 75.8 Å². The number of unbranched alkanes of at least 4 members (excludes halogenated alkanes) is 1. The number of imide groups is 1. The number of benzene rings is 2. The highest BCUT2D eigenvalue weighted by atomic mass is 19.1. The van der Waals surface area contributed by atoms with Crippen molar-refractivity contribution in [3.05, 3.63) is 65.2 Å². The summed E-state index contributed by atoms with van der Waals surface area (Å²) in [4.78, 5) is 40.2. The third-order valence-corrected chi connectivity index (χ3v) is 6.72. The highest BCUT2D eigenvalue weighted by molar-refractivity contribution is 6.17. The van der Waals surface area contributed by atoms with E-state index in [1.54, 1.807) is 12.1 Å². The molecule has 1 aliphatic rings. The lowest BCUT2D eigenvalue weighted by Gasteiger charge is -2.26. The molecule has 0 spiro atoms. The van der Waals surface area contributed by atoms with E-state index < -0.39 is 35.4 Å². The molecular formula is C29H37F2N3O3. The maximum Gasteiger partial charge on any atom is 0.256 e. The molecule has 1 saturated carbocycles. The molecule has 3 amide bonds. The molecule has 37 heavy (non-hydrogen) atoms. The van der Waals surface area contributed by atoms with Crippen LogP contribution >= 0.6 is 0 Å². The summed E-state index contributed by atoms with van der Waals surface area (Å²) in [6, 6.07) is 9.37. The lowest BCUT2D eigenvalue weighted by molar-refractivity contribution is -0.130. The monoisotopic (exact) mass is 513 g/mol.